The van der Waals surface area contributed by atoms with Gasteiger partial charge in [0.1, 0.15) is 5.41 Å². The number of imide groups is 2. The largest absolute Gasteiger partial charge is 0.335 e. The van der Waals surface area contributed by atoms with Crippen LogP contribution in [0.1, 0.15) is 32.3 Å². The molecule has 112 valence electrons. The van der Waals surface area contributed by atoms with Crippen molar-refractivity contribution in [1.29, 1.82) is 0 Å². The van der Waals surface area contributed by atoms with Crippen LogP contribution in [0.5, 0.6) is 0 Å². The van der Waals surface area contributed by atoms with E-state index in [1.807, 2.05) is 0 Å². The molecule has 1 fully saturated rings. The van der Waals surface area contributed by atoms with E-state index in [0.29, 0.717) is 29.1 Å². The first-order chi connectivity index (χ1) is 9.89. The molecular formula is C15H17ClN2O3. The number of rotatable bonds is 3. The molecule has 0 aromatic heterocycles. The molecule has 0 spiro atoms. The predicted octanol–water partition coefficient (Wildman–Crippen LogP) is 3.04. The molecule has 0 unspecified atom stereocenters. The third-order valence-electron chi connectivity index (χ3n) is 4.16. The second kappa shape index (κ2) is 5.48. The Kier molecular flexibility index (Phi) is 4.05. The topological polar surface area (TPSA) is 66.5 Å². The highest BCUT2D eigenvalue weighted by atomic mass is 35.5. The third-order valence-corrected chi connectivity index (χ3v) is 4.57. The van der Waals surface area contributed by atoms with Crippen LogP contribution < -0.4 is 10.2 Å². The predicted molar refractivity (Wildman–Crippen MR) is 80.2 cm³/mol. The number of carbonyl (C=O) groups excluding carboxylic acids is 3. The Labute approximate surface area is 128 Å². The molecule has 1 N–H and O–H groups in total. The lowest BCUT2D eigenvalue weighted by molar-refractivity contribution is -0.143. The standard InChI is InChI=1S/C15H17ClN2O3/c1-4-15(5-2)12(19)17-14(21)18(13(15)20)11-8-6-7-10(16)9(11)3/h6-8H,4-5H2,1-3H3,(H,17,19,21). The smallest absolute Gasteiger partial charge is 0.276 e. The highest BCUT2D eigenvalue weighted by Gasteiger charge is 2.52. The highest BCUT2D eigenvalue weighted by molar-refractivity contribution is 6.33. The lowest BCUT2D eigenvalue weighted by atomic mass is 9.78. The van der Waals surface area contributed by atoms with E-state index in [0.717, 1.165) is 4.90 Å². The van der Waals surface area contributed by atoms with Gasteiger partial charge in [0, 0.05) is 5.02 Å². The first kappa shape index (κ1) is 15.5. The molecule has 0 atom stereocenters. The number of hydrogen-bond donors (Lipinski definition) is 1. The van der Waals surface area contributed by atoms with Crippen molar-refractivity contribution in [2.75, 3.05) is 4.90 Å². The zero-order valence-corrected chi connectivity index (χ0v) is 13.0. The SMILES string of the molecule is CCC1(CC)C(=O)NC(=O)N(c2cccc(Cl)c2C)C1=O. The molecule has 6 heteroatoms. The molecule has 0 bridgehead atoms. The fourth-order valence-corrected chi connectivity index (χ4v) is 2.78. The summed E-state index contributed by atoms with van der Waals surface area (Å²) < 4.78 is 0. The summed E-state index contributed by atoms with van der Waals surface area (Å²) in [4.78, 5) is 38.1. The zero-order chi connectivity index (χ0) is 15.8. The molecule has 1 heterocycles. The summed E-state index contributed by atoms with van der Waals surface area (Å²) >= 11 is 6.06. The number of anilines is 1. The number of benzene rings is 1. The fraction of sp³-hybridized carbons (Fsp3) is 0.400. The molecule has 1 aliphatic rings. The lowest BCUT2D eigenvalue weighted by Crippen LogP contribution is -2.64. The van der Waals surface area contributed by atoms with Gasteiger partial charge in [-0.1, -0.05) is 31.5 Å². The summed E-state index contributed by atoms with van der Waals surface area (Å²) in [6.45, 7) is 5.26. The third kappa shape index (κ3) is 2.21. The quantitative estimate of drug-likeness (QED) is 0.873. The van der Waals surface area contributed by atoms with E-state index in [9.17, 15) is 14.4 Å². The average molecular weight is 309 g/mol. The highest BCUT2D eigenvalue weighted by Crippen LogP contribution is 2.36. The first-order valence-electron chi connectivity index (χ1n) is 6.84. The zero-order valence-electron chi connectivity index (χ0n) is 12.2. The van der Waals surface area contributed by atoms with Gasteiger partial charge in [0.25, 0.3) is 5.91 Å². The molecule has 0 aliphatic carbocycles. The van der Waals surface area contributed by atoms with E-state index in [4.69, 9.17) is 11.6 Å². The molecule has 1 aromatic rings. The van der Waals surface area contributed by atoms with Gasteiger partial charge in [0.2, 0.25) is 5.91 Å². The summed E-state index contributed by atoms with van der Waals surface area (Å²) in [6, 6.07) is 4.27. The summed E-state index contributed by atoms with van der Waals surface area (Å²) in [6.07, 6.45) is 0.662. The van der Waals surface area contributed by atoms with Crippen LogP contribution in [0.3, 0.4) is 0 Å². The van der Waals surface area contributed by atoms with E-state index in [2.05, 4.69) is 5.32 Å². The van der Waals surface area contributed by atoms with Crippen LogP contribution in [0, 0.1) is 12.3 Å². The second-order valence-electron chi connectivity index (χ2n) is 5.07. The first-order valence-corrected chi connectivity index (χ1v) is 7.22. The van der Waals surface area contributed by atoms with Crippen LogP contribution in [-0.4, -0.2) is 17.8 Å². The second-order valence-corrected chi connectivity index (χ2v) is 5.48. The summed E-state index contributed by atoms with van der Waals surface area (Å²) in [5, 5.41) is 2.74. The molecule has 1 aliphatic heterocycles. The van der Waals surface area contributed by atoms with Crippen molar-refractivity contribution in [2.45, 2.75) is 33.6 Å². The Morgan fingerprint density at radius 3 is 2.38 bits per heavy atom. The molecule has 5 nitrogen and oxygen atoms in total. The van der Waals surface area contributed by atoms with Crippen LogP contribution >= 0.6 is 11.6 Å². The minimum absolute atomic E-state index is 0.331. The molecule has 0 radical (unpaired) electrons. The summed E-state index contributed by atoms with van der Waals surface area (Å²) in [7, 11) is 0. The molecule has 1 saturated heterocycles. The van der Waals surface area contributed by atoms with Gasteiger partial charge in [-0.2, -0.15) is 0 Å². The van der Waals surface area contributed by atoms with E-state index in [-0.39, 0.29) is 0 Å². The lowest BCUT2D eigenvalue weighted by Gasteiger charge is -2.38. The van der Waals surface area contributed by atoms with Crippen LogP contribution in [-0.2, 0) is 9.59 Å². The number of barbiturate groups is 1. The Hall–Kier alpha value is -1.88. The number of urea groups is 1. The summed E-state index contributed by atoms with van der Waals surface area (Å²) in [5.41, 5.74) is -0.176. The van der Waals surface area contributed by atoms with Crippen molar-refractivity contribution >= 4 is 35.1 Å². The van der Waals surface area contributed by atoms with Crippen molar-refractivity contribution in [3.05, 3.63) is 28.8 Å². The van der Waals surface area contributed by atoms with Crippen molar-refractivity contribution < 1.29 is 14.4 Å². The molecule has 21 heavy (non-hydrogen) atoms. The fourth-order valence-electron chi connectivity index (χ4n) is 2.61. The van der Waals surface area contributed by atoms with Crippen LogP contribution in [0.25, 0.3) is 0 Å². The van der Waals surface area contributed by atoms with Crippen LogP contribution in [0.15, 0.2) is 18.2 Å². The van der Waals surface area contributed by atoms with E-state index in [1.54, 1.807) is 39.0 Å². The van der Waals surface area contributed by atoms with Crippen molar-refractivity contribution in [3.8, 4) is 0 Å². The monoisotopic (exact) mass is 308 g/mol. The number of hydrogen-bond acceptors (Lipinski definition) is 3. The van der Waals surface area contributed by atoms with Crippen molar-refractivity contribution in [2.24, 2.45) is 5.41 Å². The summed E-state index contributed by atoms with van der Waals surface area (Å²) in [5.74, 6) is -1.02. The van der Waals surface area contributed by atoms with Gasteiger partial charge >= 0.3 is 6.03 Å². The number of nitrogens with zero attached hydrogens (tertiary/aromatic N) is 1. The van der Waals surface area contributed by atoms with E-state index in [1.165, 1.54) is 0 Å². The molecule has 1 aromatic carbocycles. The number of carbonyl (C=O) groups is 3. The van der Waals surface area contributed by atoms with Gasteiger partial charge in [-0.25, -0.2) is 9.69 Å². The number of amides is 4. The molecule has 0 saturated carbocycles. The van der Waals surface area contributed by atoms with E-state index >= 15 is 0 Å². The van der Waals surface area contributed by atoms with Crippen molar-refractivity contribution in [1.82, 2.24) is 5.32 Å². The van der Waals surface area contributed by atoms with Gasteiger partial charge in [-0.3, -0.25) is 14.9 Å². The van der Waals surface area contributed by atoms with Gasteiger partial charge in [0.15, 0.2) is 0 Å². The maximum absolute atomic E-state index is 12.8. The van der Waals surface area contributed by atoms with Gasteiger partial charge in [-0.05, 0) is 37.5 Å². The minimum atomic E-state index is -1.21. The maximum atomic E-state index is 12.8. The number of halogens is 1. The Morgan fingerprint density at radius 1 is 1.19 bits per heavy atom. The Morgan fingerprint density at radius 2 is 1.81 bits per heavy atom. The normalized spacial score (nSPS) is 17.9. The van der Waals surface area contributed by atoms with Gasteiger partial charge in [0.05, 0.1) is 5.69 Å². The average Bonchev–Trinajstić information content (AvgIpc) is 2.44. The molecule has 4 amide bonds. The maximum Gasteiger partial charge on any atom is 0.335 e. The van der Waals surface area contributed by atoms with E-state index < -0.39 is 23.3 Å². The Bertz CT molecular complexity index is 623. The van der Waals surface area contributed by atoms with Crippen molar-refractivity contribution in [3.63, 3.8) is 0 Å². The number of nitrogens with one attached hydrogen (secondary N) is 1. The van der Waals surface area contributed by atoms with Crippen LogP contribution in [0.2, 0.25) is 5.02 Å². The minimum Gasteiger partial charge on any atom is -0.276 e. The Balaban J connectivity index is 2.58. The van der Waals surface area contributed by atoms with Gasteiger partial charge < -0.3 is 0 Å². The van der Waals surface area contributed by atoms with Crippen LogP contribution in [0.4, 0.5) is 10.5 Å². The van der Waals surface area contributed by atoms with Gasteiger partial charge in [-0.15, -0.1) is 0 Å². The molecule has 2 rings (SSSR count). The molecular weight excluding hydrogens is 292 g/mol.